The molecule has 1 aromatic heterocycles. The minimum atomic E-state index is -0.459. The van der Waals surface area contributed by atoms with Crippen molar-refractivity contribution in [1.29, 1.82) is 0 Å². The van der Waals surface area contributed by atoms with E-state index in [0.717, 1.165) is 5.56 Å². The number of phenols is 1. The number of carbonyl (C=O) groups excluding carboxylic acids is 1. The second-order valence-electron chi connectivity index (χ2n) is 4.79. The summed E-state index contributed by atoms with van der Waals surface area (Å²) in [7, 11) is 0. The Balaban J connectivity index is 1.68. The second kappa shape index (κ2) is 6.62. The van der Waals surface area contributed by atoms with E-state index in [9.17, 15) is 9.90 Å². The summed E-state index contributed by atoms with van der Waals surface area (Å²) in [6.45, 7) is 0. The van der Waals surface area contributed by atoms with Crippen molar-refractivity contribution in [2.24, 2.45) is 5.10 Å². The quantitative estimate of drug-likeness (QED) is 0.573. The molecule has 2 aromatic carbocycles. The van der Waals surface area contributed by atoms with Crippen molar-refractivity contribution >= 4 is 12.1 Å². The molecule has 0 fully saturated rings. The van der Waals surface area contributed by atoms with Crippen molar-refractivity contribution in [2.45, 2.75) is 0 Å². The Hall–Kier alpha value is -3.34. The molecule has 5 nitrogen and oxygen atoms in total. The third-order valence-electron chi connectivity index (χ3n) is 3.19. The molecular weight excluding hydrogens is 292 g/mol. The summed E-state index contributed by atoms with van der Waals surface area (Å²) in [6, 6.07) is 19.5. The van der Waals surface area contributed by atoms with Crippen LogP contribution in [0.5, 0.6) is 5.75 Å². The van der Waals surface area contributed by atoms with Gasteiger partial charge >= 0.3 is 5.91 Å². The Morgan fingerprint density at radius 1 is 1.00 bits per heavy atom. The van der Waals surface area contributed by atoms with Gasteiger partial charge in [-0.3, -0.25) is 4.79 Å². The number of hydrazone groups is 1. The molecular formula is C18H14N2O3. The summed E-state index contributed by atoms with van der Waals surface area (Å²) in [5, 5.41) is 13.4. The second-order valence-corrected chi connectivity index (χ2v) is 4.79. The lowest BCUT2D eigenvalue weighted by molar-refractivity contribution is 0.0928. The molecule has 1 amide bonds. The summed E-state index contributed by atoms with van der Waals surface area (Å²) in [5.41, 5.74) is 3.77. The lowest BCUT2D eigenvalue weighted by Gasteiger charge is -1.98. The monoisotopic (exact) mass is 306 g/mol. The lowest BCUT2D eigenvalue weighted by Crippen LogP contribution is -2.16. The number of benzene rings is 2. The number of rotatable bonds is 4. The highest BCUT2D eigenvalue weighted by molar-refractivity contribution is 5.93. The van der Waals surface area contributed by atoms with Crippen LogP contribution in [0.15, 0.2) is 76.2 Å². The van der Waals surface area contributed by atoms with Gasteiger partial charge < -0.3 is 9.52 Å². The Morgan fingerprint density at radius 2 is 1.74 bits per heavy atom. The Labute approximate surface area is 132 Å². The highest BCUT2D eigenvalue weighted by Gasteiger charge is 2.11. The molecule has 0 unspecified atom stereocenters. The van der Waals surface area contributed by atoms with Crippen LogP contribution in [0, 0.1) is 0 Å². The Bertz CT molecular complexity index is 838. The zero-order valence-corrected chi connectivity index (χ0v) is 12.1. The molecule has 3 rings (SSSR count). The summed E-state index contributed by atoms with van der Waals surface area (Å²) in [6.07, 6.45) is 1.37. The van der Waals surface area contributed by atoms with Crippen LogP contribution in [0.3, 0.4) is 0 Å². The Kier molecular flexibility index (Phi) is 4.20. The molecule has 0 atom stereocenters. The number of aromatic hydroxyl groups is 1. The number of nitrogens with zero attached hydrogens (tertiary/aromatic N) is 1. The zero-order chi connectivity index (χ0) is 16.1. The molecule has 0 spiro atoms. The largest absolute Gasteiger partial charge is 0.507 e. The molecule has 0 aliphatic rings. The molecule has 0 radical (unpaired) electrons. The van der Waals surface area contributed by atoms with Gasteiger partial charge in [-0.1, -0.05) is 42.5 Å². The number of hydrogen-bond donors (Lipinski definition) is 2. The molecule has 23 heavy (non-hydrogen) atoms. The van der Waals surface area contributed by atoms with Gasteiger partial charge in [-0.05, 0) is 24.3 Å². The van der Waals surface area contributed by atoms with Gasteiger partial charge in [0.1, 0.15) is 11.5 Å². The van der Waals surface area contributed by atoms with Crippen molar-refractivity contribution in [3.05, 3.63) is 78.1 Å². The highest BCUT2D eigenvalue weighted by atomic mass is 16.4. The number of furan rings is 1. The molecule has 0 bridgehead atoms. The number of para-hydroxylation sites is 1. The van der Waals surface area contributed by atoms with Crippen LogP contribution in [0.2, 0.25) is 0 Å². The number of phenolic OH excluding ortho intramolecular Hbond substituents is 1. The molecule has 5 heteroatoms. The first-order valence-electron chi connectivity index (χ1n) is 7.01. The third-order valence-corrected chi connectivity index (χ3v) is 3.19. The molecule has 0 saturated heterocycles. The molecule has 0 aliphatic carbocycles. The first kappa shape index (κ1) is 14.6. The van der Waals surface area contributed by atoms with Gasteiger partial charge in [0.05, 0.1) is 6.21 Å². The molecule has 3 aromatic rings. The van der Waals surface area contributed by atoms with Crippen LogP contribution >= 0.6 is 0 Å². The van der Waals surface area contributed by atoms with Crippen LogP contribution < -0.4 is 5.43 Å². The zero-order valence-electron chi connectivity index (χ0n) is 12.1. The number of amides is 1. The van der Waals surface area contributed by atoms with Crippen molar-refractivity contribution in [2.75, 3.05) is 0 Å². The summed E-state index contributed by atoms with van der Waals surface area (Å²) >= 11 is 0. The minimum Gasteiger partial charge on any atom is -0.507 e. The van der Waals surface area contributed by atoms with Gasteiger partial charge in [0.25, 0.3) is 0 Å². The van der Waals surface area contributed by atoms with E-state index in [-0.39, 0.29) is 11.5 Å². The molecule has 2 N–H and O–H groups in total. The van der Waals surface area contributed by atoms with Gasteiger partial charge in [0.2, 0.25) is 0 Å². The fourth-order valence-corrected chi connectivity index (χ4v) is 2.03. The fourth-order valence-electron chi connectivity index (χ4n) is 2.03. The van der Waals surface area contributed by atoms with E-state index < -0.39 is 5.91 Å². The topological polar surface area (TPSA) is 74.8 Å². The van der Waals surface area contributed by atoms with Crippen molar-refractivity contribution in [3.8, 4) is 17.1 Å². The molecule has 0 saturated carbocycles. The fraction of sp³-hybridized carbons (Fsp3) is 0. The number of nitrogens with one attached hydrogen (secondary N) is 1. The molecule has 1 heterocycles. The van der Waals surface area contributed by atoms with E-state index >= 15 is 0 Å². The maximum Gasteiger partial charge on any atom is 0.307 e. The third kappa shape index (κ3) is 3.47. The van der Waals surface area contributed by atoms with Gasteiger partial charge in [-0.2, -0.15) is 5.10 Å². The van der Waals surface area contributed by atoms with Crippen molar-refractivity contribution in [3.63, 3.8) is 0 Å². The normalized spacial score (nSPS) is 10.8. The van der Waals surface area contributed by atoms with Gasteiger partial charge in [-0.15, -0.1) is 0 Å². The maximum absolute atomic E-state index is 12.0. The van der Waals surface area contributed by atoms with Crippen molar-refractivity contribution in [1.82, 2.24) is 5.43 Å². The lowest BCUT2D eigenvalue weighted by atomic mass is 10.2. The Morgan fingerprint density at radius 3 is 2.52 bits per heavy atom. The van der Waals surface area contributed by atoms with E-state index in [1.165, 1.54) is 6.21 Å². The minimum absolute atomic E-state index is 0.0925. The van der Waals surface area contributed by atoms with Crippen LogP contribution in [-0.4, -0.2) is 17.2 Å². The van der Waals surface area contributed by atoms with E-state index in [1.807, 2.05) is 30.3 Å². The first-order chi connectivity index (χ1) is 11.2. The van der Waals surface area contributed by atoms with Crippen LogP contribution in [0.4, 0.5) is 0 Å². The van der Waals surface area contributed by atoms with Crippen LogP contribution in [0.1, 0.15) is 16.1 Å². The van der Waals surface area contributed by atoms with E-state index in [0.29, 0.717) is 11.3 Å². The smallest absolute Gasteiger partial charge is 0.307 e. The SMILES string of the molecule is O=C(N/N=C/c1ccccc1O)c1ccc(-c2ccccc2)o1. The standard InChI is InChI=1S/C18H14N2O3/c21-15-9-5-4-8-14(15)12-19-20-18(22)17-11-10-16(23-17)13-6-2-1-3-7-13/h1-12,21H,(H,20,22)/b19-12+. The van der Waals surface area contributed by atoms with Crippen LogP contribution in [-0.2, 0) is 0 Å². The average Bonchev–Trinajstić information content (AvgIpc) is 3.07. The highest BCUT2D eigenvalue weighted by Crippen LogP contribution is 2.21. The maximum atomic E-state index is 12.0. The van der Waals surface area contributed by atoms with Gasteiger partial charge in [-0.25, -0.2) is 5.43 Å². The van der Waals surface area contributed by atoms with E-state index in [4.69, 9.17) is 4.42 Å². The average molecular weight is 306 g/mol. The van der Waals surface area contributed by atoms with Crippen molar-refractivity contribution < 1.29 is 14.3 Å². The van der Waals surface area contributed by atoms with Crippen LogP contribution in [0.25, 0.3) is 11.3 Å². The van der Waals surface area contributed by atoms with Gasteiger partial charge in [0.15, 0.2) is 5.76 Å². The van der Waals surface area contributed by atoms with E-state index in [2.05, 4.69) is 10.5 Å². The van der Waals surface area contributed by atoms with E-state index in [1.54, 1.807) is 36.4 Å². The summed E-state index contributed by atoms with van der Waals surface area (Å²) in [4.78, 5) is 12.0. The van der Waals surface area contributed by atoms with Gasteiger partial charge in [0, 0.05) is 11.1 Å². The predicted molar refractivity (Wildman–Crippen MR) is 87.3 cm³/mol. The summed E-state index contributed by atoms with van der Waals surface area (Å²) < 4.78 is 5.52. The number of hydrogen-bond acceptors (Lipinski definition) is 4. The number of carbonyl (C=O) groups is 1. The molecule has 0 aliphatic heterocycles. The molecule has 114 valence electrons. The summed E-state index contributed by atoms with van der Waals surface area (Å²) in [5.74, 6) is 0.410. The first-order valence-corrected chi connectivity index (χ1v) is 7.01. The predicted octanol–water partition coefficient (Wildman–Crippen LogP) is 3.42.